The van der Waals surface area contributed by atoms with Crippen molar-refractivity contribution in [1.82, 2.24) is 0 Å². The summed E-state index contributed by atoms with van der Waals surface area (Å²) in [6.45, 7) is 8.14. The van der Waals surface area contributed by atoms with Crippen LogP contribution in [0.1, 0.15) is 38.0 Å². The average molecular weight is 257 g/mol. The number of hydrogen-bond acceptors (Lipinski definition) is 1. The molecule has 78 valence electrons. The molecule has 0 heterocycles. The van der Waals surface area contributed by atoms with E-state index in [2.05, 4.69) is 15.9 Å². The van der Waals surface area contributed by atoms with Crippen molar-refractivity contribution in [2.24, 2.45) is 5.41 Å². The van der Waals surface area contributed by atoms with Crippen LogP contribution in [0.5, 0.6) is 0 Å². The first-order chi connectivity index (χ1) is 6.32. The third-order valence-corrected chi connectivity index (χ3v) is 3.19. The molecule has 1 atom stereocenters. The van der Waals surface area contributed by atoms with E-state index in [1.54, 1.807) is 0 Å². The second-order valence-corrected chi connectivity index (χ2v) is 5.63. The molecule has 0 bridgehead atoms. The maximum absolute atomic E-state index is 10.1. The number of halogens is 1. The Morgan fingerprint density at radius 3 is 2.29 bits per heavy atom. The SMILES string of the molecule is Cc1ccc([C@@H](O)C(C)(C)C)cc1Br. The number of benzene rings is 1. The summed E-state index contributed by atoms with van der Waals surface area (Å²) in [5, 5.41) is 10.1. The van der Waals surface area contributed by atoms with Gasteiger partial charge in [0.25, 0.3) is 0 Å². The van der Waals surface area contributed by atoms with E-state index in [0.29, 0.717) is 0 Å². The highest BCUT2D eigenvalue weighted by molar-refractivity contribution is 9.10. The van der Waals surface area contributed by atoms with Gasteiger partial charge >= 0.3 is 0 Å². The standard InChI is InChI=1S/C12H17BrO/c1-8-5-6-9(7-10(8)13)11(14)12(2,3)4/h5-7,11,14H,1-4H3/t11-/m1/s1. The lowest BCUT2D eigenvalue weighted by molar-refractivity contribution is 0.0626. The van der Waals surface area contributed by atoms with E-state index in [4.69, 9.17) is 0 Å². The number of aliphatic hydroxyl groups is 1. The van der Waals surface area contributed by atoms with Crippen LogP contribution in [0.15, 0.2) is 22.7 Å². The predicted molar refractivity (Wildman–Crippen MR) is 63.3 cm³/mol. The third kappa shape index (κ3) is 2.58. The van der Waals surface area contributed by atoms with Crippen LogP contribution < -0.4 is 0 Å². The monoisotopic (exact) mass is 256 g/mol. The van der Waals surface area contributed by atoms with Crippen LogP contribution in [0.2, 0.25) is 0 Å². The van der Waals surface area contributed by atoms with E-state index in [9.17, 15) is 5.11 Å². The Bertz CT molecular complexity index is 326. The Balaban J connectivity index is 3.03. The Labute approximate surface area is 94.3 Å². The van der Waals surface area contributed by atoms with Gasteiger partial charge in [0.15, 0.2) is 0 Å². The lowest BCUT2D eigenvalue weighted by Crippen LogP contribution is -2.17. The average Bonchev–Trinajstić information content (AvgIpc) is 2.07. The van der Waals surface area contributed by atoms with Crippen molar-refractivity contribution in [3.63, 3.8) is 0 Å². The van der Waals surface area contributed by atoms with Gasteiger partial charge in [0.2, 0.25) is 0 Å². The first kappa shape index (κ1) is 11.7. The van der Waals surface area contributed by atoms with E-state index in [1.165, 1.54) is 5.56 Å². The molecule has 0 spiro atoms. The minimum absolute atomic E-state index is 0.116. The summed E-state index contributed by atoms with van der Waals surface area (Å²) in [6, 6.07) is 6.00. The molecule has 0 radical (unpaired) electrons. The number of aliphatic hydroxyl groups excluding tert-OH is 1. The van der Waals surface area contributed by atoms with Crippen LogP contribution in [-0.4, -0.2) is 5.11 Å². The topological polar surface area (TPSA) is 20.2 Å². The quantitative estimate of drug-likeness (QED) is 0.810. The number of hydrogen-bond donors (Lipinski definition) is 1. The van der Waals surface area contributed by atoms with Gasteiger partial charge in [0.05, 0.1) is 6.10 Å². The Hall–Kier alpha value is -0.340. The Kier molecular flexibility index (Phi) is 3.38. The van der Waals surface area contributed by atoms with Crippen molar-refractivity contribution >= 4 is 15.9 Å². The summed E-state index contributed by atoms with van der Waals surface area (Å²) < 4.78 is 1.05. The molecule has 1 nitrogen and oxygen atoms in total. The molecule has 0 aromatic heterocycles. The maximum Gasteiger partial charge on any atom is 0.0838 e. The van der Waals surface area contributed by atoms with Crippen LogP contribution in [0.3, 0.4) is 0 Å². The minimum Gasteiger partial charge on any atom is -0.388 e. The first-order valence-corrected chi connectivity index (χ1v) is 5.56. The molecule has 1 rings (SSSR count). The molecule has 1 aromatic carbocycles. The Morgan fingerprint density at radius 1 is 1.29 bits per heavy atom. The smallest absolute Gasteiger partial charge is 0.0838 e. The molecule has 0 amide bonds. The molecule has 2 heteroatoms. The van der Waals surface area contributed by atoms with Gasteiger partial charge in [0, 0.05) is 4.47 Å². The molecular formula is C12H17BrO. The molecule has 1 aromatic rings. The molecule has 0 saturated heterocycles. The second kappa shape index (κ2) is 4.03. The fourth-order valence-corrected chi connectivity index (χ4v) is 1.68. The van der Waals surface area contributed by atoms with Crippen molar-refractivity contribution in [2.45, 2.75) is 33.8 Å². The molecule has 0 saturated carbocycles. The molecule has 0 aliphatic rings. The van der Waals surface area contributed by atoms with Gasteiger partial charge in [-0.05, 0) is 29.5 Å². The maximum atomic E-state index is 10.1. The lowest BCUT2D eigenvalue weighted by atomic mass is 9.85. The molecule has 0 aliphatic heterocycles. The van der Waals surface area contributed by atoms with Crippen LogP contribution in [-0.2, 0) is 0 Å². The van der Waals surface area contributed by atoms with E-state index in [1.807, 2.05) is 45.9 Å². The summed E-state index contributed by atoms with van der Waals surface area (Å²) in [5.74, 6) is 0. The highest BCUT2D eigenvalue weighted by Crippen LogP contribution is 2.34. The number of aryl methyl sites for hydroxylation is 1. The molecule has 1 N–H and O–H groups in total. The van der Waals surface area contributed by atoms with E-state index >= 15 is 0 Å². The first-order valence-electron chi connectivity index (χ1n) is 4.76. The fourth-order valence-electron chi connectivity index (χ4n) is 1.28. The predicted octanol–water partition coefficient (Wildman–Crippen LogP) is 3.84. The normalized spacial score (nSPS) is 14.1. The van der Waals surface area contributed by atoms with Gasteiger partial charge in [-0.15, -0.1) is 0 Å². The minimum atomic E-state index is -0.417. The van der Waals surface area contributed by atoms with Gasteiger partial charge in [-0.25, -0.2) is 0 Å². The van der Waals surface area contributed by atoms with E-state index in [-0.39, 0.29) is 5.41 Å². The summed E-state index contributed by atoms with van der Waals surface area (Å²) >= 11 is 3.47. The summed E-state index contributed by atoms with van der Waals surface area (Å²) in [5.41, 5.74) is 2.04. The van der Waals surface area contributed by atoms with Crippen molar-refractivity contribution in [2.75, 3.05) is 0 Å². The van der Waals surface area contributed by atoms with Crippen molar-refractivity contribution in [3.8, 4) is 0 Å². The van der Waals surface area contributed by atoms with Gasteiger partial charge in [0.1, 0.15) is 0 Å². The zero-order chi connectivity index (χ0) is 10.9. The van der Waals surface area contributed by atoms with Crippen molar-refractivity contribution in [1.29, 1.82) is 0 Å². The zero-order valence-electron chi connectivity index (χ0n) is 9.13. The van der Waals surface area contributed by atoms with Gasteiger partial charge in [-0.3, -0.25) is 0 Å². The summed E-state index contributed by atoms with van der Waals surface area (Å²) in [7, 11) is 0. The van der Waals surface area contributed by atoms with Crippen LogP contribution in [0, 0.1) is 12.3 Å². The third-order valence-electron chi connectivity index (χ3n) is 2.33. The highest BCUT2D eigenvalue weighted by atomic mass is 79.9. The van der Waals surface area contributed by atoms with E-state index in [0.717, 1.165) is 10.0 Å². The largest absolute Gasteiger partial charge is 0.388 e. The van der Waals surface area contributed by atoms with Gasteiger partial charge in [-0.1, -0.05) is 48.8 Å². The van der Waals surface area contributed by atoms with Crippen LogP contribution >= 0.6 is 15.9 Å². The zero-order valence-corrected chi connectivity index (χ0v) is 10.7. The van der Waals surface area contributed by atoms with Crippen molar-refractivity contribution in [3.05, 3.63) is 33.8 Å². The van der Waals surface area contributed by atoms with Crippen LogP contribution in [0.4, 0.5) is 0 Å². The lowest BCUT2D eigenvalue weighted by Gasteiger charge is -2.26. The van der Waals surface area contributed by atoms with Gasteiger partial charge < -0.3 is 5.11 Å². The van der Waals surface area contributed by atoms with Gasteiger partial charge in [-0.2, -0.15) is 0 Å². The van der Waals surface area contributed by atoms with Crippen LogP contribution in [0.25, 0.3) is 0 Å². The molecule has 0 unspecified atom stereocenters. The fraction of sp³-hybridized carbons (Fsp3) is 0.500. The molecule has 0 fully saturated rings. The Morgan fingerprint density at radius 2 is 1.86 bits per heavy atom. The summed E-state index contributed by atoms with van der Waals surface area (Å²) in [4.78, 5) is 0. The summed E-state index contributed by atoms with van der Waals surface area (Å²) in [6.07, 6.45) is -0.417. The highest BCUT2D eigenvalue weighted by Gasteiger charge is 2.23. The van der Waals surface area contributed by atoms with E-state index < -0.39 is 6.10 Å². The second-order valence-electron chi connectivity index (χ2n) is 4.78. The molecule has 14 heavy (non-hydrogen) atoms. The van der Waals surface area contributed by atoms with Crippen molar-refractivity contribution < 1.29 is 5.11 Å². The number of rotatable bonds is 1. The molecule has 0 aliphatic carbocycles. The molecular weight excluding hydrogens is 240 g/mol.